The summed E-state index contributed by atoms with van der Waals surface area (Å²) >= 11 is 0. The molecular formula is C60H67BN2. The molecule has 2 unspecified atom stereocenters. The van der Waals surface area contributed by atoms with Crippen LogP contribution in [0, 0.1) is 5.41 Å². The highest BCUT2D eigenvalue weighted by Crippen LogP contribution is 2.51. The Bertz CT molecular complexity index is 2720. The lowest BCUT2D eigenvalue weighted by molar-refractivity contribution is 0.509. The summed E-state index contributed by atoms with van der Waals surface area (Å²) in [6.45, 7) is 30.8. The summed E-state index contributed by atoms with van der Waals surface area (Å²) in [7, 11) is 0. The van der Waals surface area contributed by atoms with E-state index in [0.717, 1.165) is 0 Å². The Kier molecular flexibility index (Phi) is 10.2. The van der Waals surface area contributed by atoms with Gasteiger partial charge in [-0.3, -0.25) is 0 Å². The van der Waals surface area contributed by atoms with E-state index in [-0.39, 0.29) is 45.6 Å². The second-order valence-corrected chi connectivity index (χ2v) is 22.8. The summed E-state index contributed by atoms with van der Waals surface area (Å²) in [5.41, 5.74) is 18.2. The maximum atomic E-state index is 2.70. The molecule has 0 saturated heterocycles. The molecule has 2 nitrogen and oxygen atoms in total. The molecule has 2 heterocycles. The lowest BCUT2D eigenvalue weighted by Crippen LogP contribution is -2.62. The number of fused-ring (bicyclic) bond motifs is 4. The lowest BCUT2D eigenvalue weighted by Gasteiger charge is -2.51. The summed E-state index contributed by atoms with van der Waals surface area (Å²) in [6.07, 6.45) is 7.62. The minimum absolute atomic E-state index is 0.00200. The Hall–Kier alpha value is -5.54. The van der Waals surface area contributed by atoms with Crippen LogP contribution in [0.2, 0.25) is 5.82 Å². The summed E-state index contributed by atoms with van der Waals surface area (Å²) in [4.78, 5) is 5.30. The van der Waals surface area contributed by atoms with E-state index >= 15 is 0 Å². The zero-order valence-electron chi connectivity index (χ0n) is 40.1. The average Bonchev–Trinajstić information content (AvgIpc) is 3.25. The molecule has 63 heavy (non-hydrogen) atoms. The summed E-state index contributed by atoms with van der Waals surface area (Å²) in [5, 5.41) is 0. The molecule has 1 aliphatic carbocycles. The van der Waals surface area contributed by atoms with Crippen LogP contribution in [-0.4, -0.2) is 12.8 Å². The van der Waals surface area contributed by atoms with E-state index in [1.54, 1.807) is 0 Å². The quantitative estimate of drug-likeness (QED) is 0.154. The second kappa shape index (κ2) is 15.0. The van der Waals surface area contributed by atoms with Crippen LogP contribution in [0.15, 0.2) is 163 Å². The molecule has 2 atom stereocenters. The SMILES string of the molecule is CC(C)(C)C1=CC2B3c4cc(C(C)(C)C)ccc4N(c4ccc(C(C)(C)c5ccccc5)cc4)c4cc(C(C)(C)C)cc(c43)N(c3ccc(C(C)(C)c4ccccc4)cc3)C2C=C1. The molecule has 0 saturated carbocycles. The van der Waals surface area contributed by atoms with E-state index in [1.165, 1.54) is 78.3 Å². The Morgan fingerprint density at radius 2 is 0.905 bits per heavy atom. The normalized spacial score (nSPS) is 17.5. The van der Waals surface area contributed by atoms with Crippen LogP contribution in [0.1, 0.15) is 123 Å². The van der Waals surface area contributed by atoms with Crippen molar-refractivity contribution < 1.29 is 0 Å². The van der Waals surface area contributed by atoms with Crippen molar-refractivity contribution in [3.8, 4) is 0 Å². The van der Waals surface area contributed by atoms with Crippen LogP contribution >= 0.6 is 0 Å². The first-order valence-corrected chi connectivity index (χ1v) is 23.3. The molecule has 0 spiro atoms. The molecule has 320 valence electrons. The molecule has 0 fully saturated rings. The van der Waals surface area contributed by atoms with E-state index in [9.17, 15) is 0 Å². The van der Waals surface area contributed by atoms with Crippen LogP contribution in [0.3, 0.4) is 0 Å². The van der Waals surface area contributed by atoms with Crippen LogP contribution in [0.25, 0.3) is 0 Å². The van der Waals surface area contributed by atoms with Gasteiger partial charge in [0.1, 0.15) is 0 Å². The van der Waals surface area contributed by atoms with Crippen LogP contribution in [0.5, 0.6) is 0 Å². The van der Waals surface area contributed by atoms with Gasteiger partial charge in [0, 0.05) is 39.3 Å². The van der Waals surface area contributed by atoms with Crippen molar-refractivity contribution in [1.82, 2.24) is 0 Å². The Morgan fingerprint density at radius 3 is 1.41 bits per heavy atom. The number of allylic oxidation sites excluding steroid dienone is 2. The zero-order chi connectivity index (χ0) is 44.9. The largest absolute Gasteiger partial charge is 0.335 e. The molecular weight excluding hydrogens is 759 g/mol. The molecule has 0 amide bonds. The van der Waals surface area contributed by atoms with Gasteiger partial charge in [-0.25, -0.2) is 0 Å². The molecule has 3 aliphatic rings. The highest BCUT2D eigenvalue weighted by atomic mass is 15.2. The highest BCUT2D eigenvalue weighted by molar-refractivity contribution is 6.91. The number of hydrogen-bond donors (Lipinski definition) is 0. The third-order valence-corrected chi connectivity index (χ3v) is 14.8. The van der Waals surface area contributed by atoms with Crippen molar-refractivity contribution in [3.63, 3.8) is 0 Å². The smallest absolute Gasteiger partial charge is 0.226 e. The third kappa shape index (κ3) is 7.40. The number of hydrogen-bond acceptors (Lipinski definition) is 2. The van der Waals surface area contributed by atoms with Crippen LogP contribution in [0.4, 0.5) is 28.4 Å². The number of anilines is 5. The fourth-order valence-electron chi connectivity index (χ4n) is 10.5. The van der Waals surface area contributed by atoms with Gasteiger partial charge < -0.3 is 9.80 Å². The maximum absolute atomic E-state index is 2.70. The third-order valence-electron chi connectivity index (χ3n) is 14.8. The summed E-state index contributed by atoms with van der Waals surface area (Å²) in [6, 6.07) is 53.5. The molecule has 6 aromatic carbocycles. The molecule has 0 N–H and O–H groups in total. The highest BCUT2D eigenvalue weighted by Gasteiger charge is 2.50. The number of rotatable bonds is 6. The molecule has 3 heteroatoms. The molecule has 0 aromatic heterocycles. The topological polar surface area (TPSA) is 6.48 Å². The molecule has 0 bridgehead atoms. The van der Waals surface area contributed by atoms with Crippen LogP contribution < -0.4 is 20.7 Å². The van der Waals surface area contributed by atoms with Crippen LogP contribution in [-0.2, 0) is 21.7 Å². The predicted molar refractivity (Wildman–Crippen MR) is 273 cm³/mol. The molecule has 2 aliphatic heterocycles. The van der Waals surface area contributed by atoms with E-state index in [4.69, 9.17) is 0 Å². The van der Waals surface area contributed by atoms with Crippen molar-refractivity contribution in [2.45, 2.75) is 124 Å². The predicted octanol–water partition coefficient (Wildman–Crippen LogP) is 14.8. The minimum Gasteiger partial charge on any atom is -0.335 e. The number of benzene rings is 6. The maximum Gasteiger partial charge on any atom is 0.226 e. The first kappa shape index (κ1) is 42.8. The van der Waals surface area contributed by atoms with E-state index < -0.39 is 0 Å². The fraction of sp³-hybridized carbons (Fsp3) is 0.333. The standard InChI is InChI=1S/C60H67BN2/c1-56(2,3)44-28-34-51-49(36-44)61-50-37-45(57(4,5)6)29-35-52(50)63(48-32-26-43(27-33-48)60(12,13)41-22-18-15-19-23-41)54-39-46(58(7,8)9)38-53(55(54)61)62(51)47-30-24-42(25-31-47)59(10,11)40-20-16-14-17-21-40/h14-39,49,51H,1-13H3. The van der Waals surface area contributed by atoms with Gasteiger partial charge in [-0.05, 0) is 114 Å². The lowest BCUT2D eigenvalue weighted by atomic mass is 9.28. The van der Waals surface area contributed by atoms with Gasteiger partial charge in [0.15, 0.2) is 0 Å². The zero-order valence-corrected chi connectivity index (χ0v) is 40.1. The van der Waals surface area contributed by atoms with Crippen molar-refractivity contribution in [3.05, 3.63) is 197 Å². The van der Waals surface area contributed by atoms with Gasteiger partial charge >= 0.3 is 0 Å². The average molecular weight is 827 g/mol. The van der Waals surface area contributed by atoms with Gasteiger partial charge in [0.05, 0.1) is 6.04 Å². The van der Waals surface area contributed by atoms with Gasteiger partial charge in [0.25, 0.3) is 0 Å². The second-order valence-electron chi connectivity index (χ2n) is 22.8. The molecule has 9 rings (SSSR count). The van der Waals surface area contributed by atoms with Gasteiger partial charge in [0.2, 0.25) is 6.71 Å². The van der Waals surface area contributed by atoms with Crippen molar-refractivity contribution in [2.24, 2.45) is 5.41 Å². The minimum atomic E-state index is -0.134. The Labute approximate surface area is 379 Å². The van der Waals surface area contributed by atoms with Crippen molar-refractivity contribution in [2.75, 3.05) is 9.80 Å². The first-order chi connectivity index (χ1) is 29.7. The van der Waals surface area contributed by atoms with E-state index in [0.29, 0.717) is 0 Å². The summed E-state index contributed by atoms with van der Waals surface area (Å²) in [5.74, 6) is 0.210. The monoisotopic (exact) mass is 827 g/mol. The Morgan fingerprint density at radius 1 is 0.429 bits per heavy atom. The van der Waals surface area contributed by atoms with Gasteiger partial charge in [-0.2, -0.15) is 0 Å². The van der Waals surface area contributed by atoms with Crippen molar-refractivity contribution in [1.29, 1.82) is 0 Å². The fourth-order valence-corrected chi connectivity index (χ4v) is 10.5. The van der Waals surface area contributed by atoms with Gasteiger partial charge in [-0.15, -0.1) is 0 Å². The first-order valence-electron chi connectivity index (χ1n) is 23.3. The summed E-state index contributed by atoms with van der Waals surface area (Å²) < 4.78 is 0. The van der Waals surface area contributed by atoms with Crippen molar-refractivity contribution >= 4 is 46.1 Å². The number of nitrogens with zero attached hydrogens (tertiary/aromatic N) is 2. The van der Waals surface area contributed by atoms with Gasteiger partial charge in [-0.1, -0.05) is 205 Å². The van der Waals surface area contributed by atoms with E-state index in [1.807, 2.05) is 0 Å². The molecule has 6 aromatic rings. The Balaban J connectivity index is 1.30. The van der Waals surface area contributed by atoms with E-state index in [2.05, 4.69) is 258 Å². The molecule has 0 radical (unpaired) electrons.